The lowest BCUT2D eigenvalue weighted by Crippen LogP contribution is -2.52. The summed E-state index contributed by atoms with van der Waals surface area (Å²) in [5.74, 6) is 48.9. The van der Waals surface area contributed by atoms with Crippen LogP contribution in [0.5, 0.6) is 17.2 Å². The van der Waals surface area contributed by atoms with Crippen molar-refractivity contribution in [2.75, 3.05) is 20.8 Å². The molecule has 0 aliphatic carbocycles. The molecule has 0 bridgehead atoms. The van der Waals surface area contributed by atoms with Crippen LogP contribution >= 0.6 is 0 Å². The lowest BCUT2D eigenvalue weighted by Gasteiger charge is -2.40. The van der Waals surface area contributed by atoms with Gasteiger partial charge in [-0.2, -0.15) is 4.57 Å². The maximum Gasteiger partial charge on any atom is 0.340 e. The first-order chi connectivity index (χ1) is 41.8. The fourth-order valence-electron chi connectivity index (χ4n) is 8.35. The van der Waals surface area contributed by atoms with E-state index in [-0.39, 0.29) is 67.9 Å². The maximum atomic E-state index is 15.1. The fourth-order valence-corrected chi connectivity index (χ4v) is 9.64. The number of terminal acetylenes is 1. The van der Waals surface area contributed by atoms with E-state index in [9.17, 15) is 19.2 Å². The first-order valence-electron chi connectivity index (χ1n) is 26.9. The maximum absolute atomic E-state index is 15.1. The molecular weight excluding hydrogens is 1110 g/mol. The highest BCUT2D eigenvalue weighted by Gasteiger charge is 2.54. The van der Waals surface area contributed by atoms with Crippen LogP contribution < -0.4 is 25.5 Å². The minimum Gasteiger partial charge on any atom is -0.497 e. The molecule has 4 atom stereocenters. The van der Waals surface area contributed by atoms with Crippen LogP contribution in [-0.4, -0.2) is 74.2 Å². The second-order valence-electron chi connectivity index (χ2n) is 20.5. The number of aromatic nitrogens is 2. The number of aryl methyl sites for hydroxylation is 1. The Labute approximate surface area is 541 Å². The van der Waals surface area contributed by atoms with Gasteiger partial charge in [-0.1, -0.05) is 75.4 Å². The summed E-state index contributed by atoms with van der Waals surface area (Å²) in [6, 6.07) is 28.3. The third kappa shape index (κ3) is 17.3. The van der Waals surface area contributed by atoms with Crippen molar-refractivity contribution in [3.63, 3.8) is 0 Å². The molecule has 1 fully saturated rings. The van der Waals surface area contributed by atoms with Crippen LogP contribution in [0, 0.1) is 145 Å². The van der Waals surface area contributed by atoms with Gasteiger partial charge in [0, 0.05) is 127 Å². The number of rotatable bonds is 17. The molecule has 4 aromatic carbocycles. The van der Waals surface area contributed by atoms with Gasteiger partial charge in [0.1, 0.15) is 46.9 Å². The molecule has 1 aliphatic heterocycles. The summed E-state index contributed by atoms with van der Waals surface area (Å²) < 4.78 is 46.1. The average Bonchev–Trinajstić information content (AvgIpc) is 1.74. The van der Waals surface area contributed by atoms with Crippen LogP contribution in [0.1, 0.15) is 116 Å². The molecule has 0 amide bonds. The van der Waals surface area contributed by atoms with Crippen LogP contribution in [-0.2, 0) is 33.8 Å². The zero-order valence-electron chi connectivity index (χ0n) is 49.6. The second kappa shape index (κ2) is 31.1. The molecular formula is C72H102N2O12Si. The number of ether oxygens (including phenoxy) is 6. The van der Waals surface area contributed by atoms with E-state index in [1.54, 1.807) is 28.1 Å². The van der Waals surface area contributed by atoms with Crippen LogP contribution in [0.25, 0.3) is 0 Å². The highest BCUT2D eigenvalue weighted by Crippen LogP contribution is 2.46. The molecule has 0 radical (unpaired) electrons. The predicted molar refractivity (Wildman–Crippen MR) is 378 cm³/mol. The molecule has 14 nitrogen and oxygen atoms in total. The van der Waals surface area contributed by atoms with E-state index in [0.717, 1.165) is 16.2 Å². The number of Topliss-reactive ketones (excluding diaryl/α,β-unsaturated/α-hetero) is 1. The zero-order chi connectivity index (χ0) is 63.0. The van der Waals surface area contributed by atoms with Gasteiger partial charge in [-0.05, 0) is 150 Å². The number of benzene rings is 4. The number of methoxy groups -OCH3 is 2. The summed E-state index contributed by atoms with van der Waals surface area (Å²) in [5.41, 5.74) is -0.188. The lowest BCUT2D eigenvalue weighted by atomic mass is 9.80. The van der Waals surface area contributed by atoms with Crippen LogP contribution in [0.3, 0.4) is 0 Å². The number of ketones is 1. The molecule has 6 rings (SSSR count). The first-order valence-corrected chi connectivity index (χ1v) is 29.8. The number of nitrogens with zero attached hydrogens (tertiary/aromatic N) is 2. The molecule has 1 unspecified atom stereocenters. The number of esters is 1. The Balaban J connectivity index is -0.000000256. The van der Waals surface area contributed by atoms with E-state index >= 15 is 4.79 Å². The van der Waals surface area contributed by atoms with Gasteiger partial charge in [0.15, 0.2) is 20.6 Å². The van der Waals surface area contributed by atoms with Crippen molar-refractivity contribution >= 4 is 26.0 Å². The normalized spacial score (nSPS) is 14.3. The van der Waals surface area contributed by atoms with Crippen LogP contribution in [0.4, 0.5) is 0 Å². The standard InChI is InChI=1S/C72H58N2O12Si.22H2/c1-12-13-14-15-16-17-18-19-20-21-22-23-24-25-26-27-28-29-30-34-49-82-62-51-56(50-53(2)55(62)4)68(78)74-64(76)47-48-73(70(74)79)69-67(86-87(10,11)71(5,6)7)66(85-65(77)46-37-54(3)75)63(84-69)52-83-72(57-35-32-31-33-36-57,58-38-42-60(80-8)43-39-58)59-40-44-61(81-9)45-41-59;;;;;;;;;;;;;;;;;;;;;;/h1,31-33,35-36,38-45,47-48,50-51,63,66-67,69H,37,46,52H2,2-11H3;22*1H/t63-,66?,67+,69-;;;;;;;;;;;;;;;;;;;;;;/m1....................../s1. The third-order valence-electron chi connectivity index (χ3n) is 13.9. The van der Waals surface area contributed by atoms with Gasteiger partial charge in [0.25, 0.3) is 11.5 Å². The van der Waals surface area contributed by atoms with Crippen molar-refractivity contribution in [2.24, 2.45) is 0 Å². The van der Waals surface area contributed by atoms with Gasteiger partial charge in [-0.25, -0.2) is 4.79 Å². The van der Waals surface area contributed by atoms with Crippen molar-refractivity contribution in [3.05, 3.63) is 157 Å². The Morgan fingerprint density at radius 3 is 1.63 bits per heavy atom. The number of hydrogen-bond donors (Lipinski definition) is 0. The van der Waals surface area contributed by atoms with E-state index in [2.05, 4.69) is 125 Å². The van der Waals surface area contributed by atoms with E-state index in [4.69, 9.17) is 39.3 Å². The van der Waals surface area contributed by atoms with Crippen molar-refractivity contribution < 1.29 is 78.6 Å². The SMILES string of the molecule is C#CC#CC#CC#CC#CC#CC#CC#CC#CC#CC#COc1cc(C(=O)n2c(=O)ccn([C@@H]3O[C@H](COC(c4ccccc4)(c4ccc(OC)cc4)c4ccc(OC)cc4)C(OC(=O)CCC(C)=O)[C@@H]3O[Si](C)(C)C(C)(C)C)c2=O)cc(C)c1C.[HH].[HH].[HH].[HH].[HH].[HH].[HH].[HH].[HH].[HH].[HH].[HH].[HH].[HH].[HH].[HH].[HH].[HH].[HH].[HH].[HH].[HH]. The number of carbonyl (C=O) groups is 3. The van der Waals surface area contributed by atoms with Crippen molar-refractivity contribution in [2.45, 2.75) is 103 Å². The Hall–Kier alpha value is -11.0. The van der Waals surface area contributed by atoms with Gasteiger partial charge < -0.3 is 37.6 Å². The van der Waals surface area contributed by atoms with Gasteiger partial charge in [-0.3, -0.25) is 19.0 Å². The van der Waals surface area contributed by atoms with E-state index in [0.29, 0.717) is 38.3 Å². The summed E-state index contributed by atoms with van der Waals surface area (Å²) in [6.07, 6.45) is 3.17. The smallest absolute Gasteiger partial charge is 0.340 e. The highest BCUT2D eigenvalue weighted by molar-refractivity contribution is 6.74. The Kier molecular flexibility index (Phi) is 23.3. The van der Waals surface area contributed by atoms with Crippen molar-refractivity contribution in [1.29, 1.82) is 0 Å². The highest BCUT2D eigenvalue weighted by atomic mass is 28.4. The predicted octanol–water partition coefficient (Wildman–Crippen LogP) is 13.3. The summed E-state index contributed by atoms with van der Waals surface area (Å²) in [4.78, 5) is 69.8. The molecule has 1 aromatic heterocycles. The minimum atomic E-state index is -2.92. The van der Waals surface area contributed by atoms with Gasteiger partial charge in [-0.15, -0.1) is 6.42 Å². The fraction of sp³-hybridized carbons (Fsp3) is 0.264. The van der Waals surface area contributed by atoms with E-state index < -0.39 is 66.6 Å². The van der Waals surface area contributed by atoms with E-state index in [1.807, 2.05) is 113 Å². The Bertz CT molecular complexity index is 4320. The Morgan fingerprint density at radius 1 is 0.655 bits per heavy atom. The molecule has 5 aromatic rings. The van der Waals surface area contributed by atoms with Crippen LogP contribution in [0.2, 0.25) is 18.1 Å². The summed E-state index contributed by atoms with van der Waals surface area (Å²) >= 11 is 0. The largest absolute Gasteiger partial charge is 0.497 e. The molecule has 0 N–H and O–H groups in total. The lowest BCUT2D eigenvalue weighted by molar-refractivity contribution is -0.159. The number of carbonyl (C=O) groups excluding carboxylic acids is 3. The average molecular weight is 1220 g/mol. The summed E-state index contributed by atoms with van der Waals surface area (Å²) in [5, 5.41) is -0.441. The van der Waals surface area contributed by atoms with Crippen molar-refractivity contribution in [3.8, 4) is 148 Å². The molecule has 1 saturated heterocycles. The van der Waals surface area contributed by atoms with Crippen molar-refractivity contribution in [1.82, 2.24) is 9.13 Å². The summed E-state index contributed by atoms with van der Waals surface area (Å²) in [6.45, 7) is 14.6. The van der Waals surface area contributed by atoms with Gasteiger partial charge >= 0.3 is 11.7 Å². The molecule has 0 saturated carbocycles. The quantitative estimate of drug-likeness (QED) is 0.0376. The van der Waals surface area contributed by atoms with E-state index in [1.165, 1.54) is 25.3 Å². The second-order valence-corrected chi connectivity index (χ2v) is 25.3. The molecule has 2 heterocycles. The molecule has 15 heteroatoms. The topological polar surface area (TPSA) is 160 Å². The first kappa shape index (κ1) is 65.2. The number of hydrogen-bond acceptors (Lipinski definition) is 12. The zero-order valence-corrected chi connectivity index (χ0v) is 50.6. The monoisotopic (exact) mass is 1210 g/mol. The molecule has 87 heavy (non-hydrogen) atoms. The van der Waals surface area contributed by atoms with Crippen LogP contribution in [0.15, 0.2) is 113 Å². The molecule has 476 valence electrons. The Morgan fingerprint density at radius 2 is 1.15 bits per heavy atom. The summed E-state index contributed by atoms with van der Waals surface area (Å²) in [7, 11) is 0.224. The third-order valence-corrected chi connectivity index (χ3v) is 18.3. The van der Waals surface area contributed by atoms with Gasteiger partial charge in [0.05, 0.1) is 27.2 Å². The molecule has 0 spiro atoms. The minimum absolute atomic E-state index is 0. The molecule has 1 aliphatic rings. The van der Waals surface area contributed by atoms with Gasteiger partial charge in [0.2, 0.25) is 0 Å².